The lowest BCUT2D eigenvalue weighted by molar-refractivity contribution is -0.122. The zero-order valence-corrected chi connectivity index (χ0v) is 12.9. The molecule has 1 fully saturated rings. The van der Waals surface area contributed by atoms with Crippen molar-refractivity contribution >= 4 is 29.2 Å². The standard InChI is InChI=1S/C17H15ClN2O2/c1-11-3-2-4-12(7-11)8-13-9-16(21)20(17(13)22)15-10-14(18)5-6-19-15/h2-7,10,13H,8-9H2,1H3. The van der Waals surface area contributed by atoms with Gasteiger partial charge in [-0.3, -0.25) is 9.59 Å². The second-order valence-corrected chi connectivity index (χ2v) is 5.93. The number of benzene rings is 1. The molecule has 0 radical (unpaired) electrons. The van der Waals surface area contributed by atoms with Crippen LogP contribution in [-0.2, 0) is 16.0 Å². The Morgan fingerprint density at radius 2 is 2.09 bits per heavy atom. The monoisotopic (exact) mass is 314 g/mol. The van der Waals surface area contributed by atoms with Crippen molar-refractivity contribution in [3.05, 3.63) is 58.7 Å². The van der Waals surface area contributed by atoms with Gasteiger partial charge < -0.3 is 0 Å². The molecular formula is C17H15ClN2O2. The molecule has 3 rings (SSSR count). The number of hydrogen-bond donors (Lipinski definition) is 0. The van der Waals surface area contributed by atoms with E-state index < -0.39 is 0 Å². The van der Waals surface area contributed by atoms with Crippen LogP contribution >= 0.6 is 11.6 Å². The number of hydrogen-bond acceptors (Lipinski definition) is 3. The quantitative estimate of drug-likeness (QED) is 0.818. The predicted molar refractivity (Wildman–Crippen MR) is 84.7 cm³/mol. The molecule has 0 bridgehead atoms. The summed E-state index contributed by atoms with van der Waals surface area (Å²) >= 11 is 5.91. The number of aryl methyl sites for hydroxylation is 1. The van der Waals surface area contributed by atoms with Crippen LogP contribution in [0.25, 0.3) is 0 Å². The molecule has 5 heteroatoms. The summed E-state index contributed by atoms with van der Waals surface area (Å²) in [5.41, 5.74) is 2.20. The van der Waals surface area contributed by atoms with Crippen molar-refractivity contribution in [3.63, 3.8) is 0 Å². The summed E-state index contributed by atoms with van der Waals surface area (Å²) < 4.78 is 0. The second kappa shape index (κ2) is 5.89. The van der Waals surface area contributed by atoms with Crippen LogP contribution in [0.3, 0.4) is 0 Å². The topological polar surface area (TPSA) is 50.3 Å². The fourth-order valence-electron chi connectivity index (χ4n) is 2.73. The van der Waals surface area contributed by atoms with E-state index in [-0.39, 0.29) is 24.2 Å². The smallest absolute Gasteiger partial charge is 0.238 e. The van der Waals surface area contributed by atoms with Crippen molar-refractivity contribution in [3.8, 4) is 0 Å². The van der Waals surface area contributed by atoms with E-state index >= 15 is 0 Å². The molecular weight excluding hydrogens is 300 g/mol. The Bertz CT molecular complexity index is 745. The summed E-state index contributed by atoms with van der Waals surface area (Å²) in [7, 11) is 0. The van der Waals surface area contributed by atoms with Gasteiger partial charge in [-0.1, -0.05) is 41.4 Å². The van der Waals surface area contributed by atoms with Crippen LogP contribution in [-0.4, -0.2) is 16.8 Å². The van der Waals surface area contributed by atoms with Crippen LogP contribution in [0.5, 0.6) is 0 Å². The summed E-state index contributed by atoms with van der Waals surface area (Å²) in [5, 5.41) is 0.452. The van der Waals surface area contributed by atoms with E-state index in [0.29, 0.717) is 17.3 Å². The summed E-state index contributed by atoms with van der Waals surface area (Å²) in [5.74, 6) is -0.469. The molecule has 2 amide bonds. The van der Waals surface area contributed by atoms with E-state index in [1.54, 1.807) is 6.07 Å². The van der Waals surface area contributed by atoms with Crippen LogP contribution in [0.15, 0.2) is 42.6 Å². The lowest BCUT2D eigenvalue weighted by Gasteiger charge is -2.14. The fourth-order valence-corrected chi connectivity index (χ4v) is 2.89. The van der Waals surface area contributed by atoms with E-state index in [0.717, 1.165) is 16.0 Å². The molecule has 1 atom stereocenters. The van der Waals surface area contributed by atoms with Gasteiger partial charge in [-0.15, -0.1) is 0 Å². The van der Waals surface area contributed by atoms with Gasteiger partial charge in [-0.05, 0) is 25.0 Å². The fraction of sp³-hybridized carbons (Fsp3) is 0.235. The summed E-state index contributed by atoms with van der Waals surface area (Å²) in [6.07, 6.45) is 2.26. The van der Waals surface area contributed by atoms with E-state index in [1.165, 1.54) is 12.3 Å². The number of aromatic nitrogens is 1. The average Bonchev–Trinajstić information content (AvgIpc) is 2.73. The minimum absolute atomic E-state index is 0.207. The van der Waals surface area contributed by atoms with E-state index in [1.807, 2.05) is 31.2 Å². The van der Waals surface area contributed by atoms with Gasteiger partial charge in [-0.2, -0.15) is 0 Å². The maximum atomic E-state index is 12.5. The molecule has 0 aliphatic carbocycles. The van der Waals surface area contributed by atoms with Gasteiger partial charge in [0.05, 0.1) is 5.92 Å². The average molecular weight is 315 g/mol. The highest BCUT2D eigenvalue weighted by Gasteiger charge is 2.40. The van der Waals surface area contributed by atoms with Crippen molar-refractivity contribution in [1.29, 1.82) is 0 Å². The van der Waals surface area contributed by atoms with Crippen LogP contribution in [0.1, 0.15) is 17.5 Å². The number of imide groups is 1. The van der Waals surface area contributed by atoms with Gasteiger partial charge in [0.1, 0.15) is 5.82 Å². The third-order valence-electron chi connectivity index (χ3n) is 3.74. The minimum Gasteiger partial charge on any atom is -0.274 e. The van der Waals surface area contributed by atoms with Crippen molar-refractivity contribution in [1.82, 2.24) is 4.98 Å². The molecule has 22 heavy (non-hydrogen) atoms. The van der Waals surface area contributed by atoms with Gasteiger partial charge in [-0.25, -0.2) is 9.88 Å². The first-order valence-corrected chi connectivity index (χ1v) is 7.46. The first kappa shape index (κ1) is 14.7. The summed E-state index contributed by atoms with van der Waals surface area (Å²) in [4.78, 5) is 29.9. The third-order valence-corrected chi connectivity index (χ3v) is 3.98. The molecule has 0 spiro atoms. The SMILES string of the molecule is Cc1cccc(CC2CC(=O)N(c3cc(Cl)ccn3)C2=O)c1. The predicted octanol–water partition coefficient (Wildman–Crippen LogP) is 3.17. The highest BCUT2D eigenvalue weighted by molar-refractivity contribution is 6.31. The van der Waals surface area contributed by atoms with Crippen molar-refractivity contribution < 1.29 is 9.59 Å². The van der Waals surface area contributed by atoms with Gasteiger partial charge in [0, 0.05) is 23.7 Å². The molecule has 0 N–H and O–H groups in total. The highest BCUT2D eigenvalue weighted by atomic mass is 35.5. The first-order valence-electron chi connectivity index (χ1n) is 7.08. The van der Waals surface area contributed by atoms with Gasteiger partial charge in [0.15, 0.2) is 0 Å². The molecule has 1 saturated heterocycles. The molecule has 1 aromatic heterocycles. The van der Waals surface area contributed by atoms with Crippen molar-refractivity contribution in [2.75, 3.05) is 4.90 Å². The van der Waals surface area contributed by atoms with Gasteiger partial charge >= 0.3 is 0 Å². The number of pyridine rings is 1. The maximum absolute atomic E-state index is 12.5. The normalized spacial score (nSPS) is 18.1. The Kier molecular flexibility index (Phi) is 3.94. The Morgan fingerprint density at radius 1 is 1.27 bits per heavy atom. The summed E-state index contributed by atoms with van der Waals surface area (Å²) in [6, 6.07) is 11.1. The number of halogens is 1. The number of anilines is 1. The van der Waals surface area contributed by atoms with Crippen LogP contribution in [0, 0.1) is 12.8 Å². The number of amides is 2. The number of rotatable bonds is 3. The Labute approximate surface area is 133 Å². The molecule has 4 nitrogen and oxygen atoms in total. The third kappa shape index (κ3) is 2.88. The molecule has 1 aliphatic rings. The number of nitrogens with zero attached hydrogens (tertiary/aromatic N) is 2. The summed E-state index contributed by atoms with van der Waals surface area (Å²) in [6.45, 7) is 2.01. The molecule has 112 valence electrons. The lowest BCUT2D eigenvalue weighted by Crippen LogP contribution is -2.31. The number of carbonyl (C=O) groups excluding carboxylic acids is 2. The van der Waals surface area contributed by atoms with E-state index in [2.05, 4.69) is 4.98 Å². The Hall–Kier alpha value is -2.20. The van der Waals surface area contributed by atoms with Gasteiger partial charge in [0.2, 0.25) is 11.8 Å². The van der Waals surface area contributed by atoms with Crippen LogP contribution in [0.2, 0.25) is 5.02 Å². The Morgan fingerprint density at radius 3 is 2.82 bits per heavy atom. The van der Waals surface area contributed by atoms with Crippen LogP contribution < -0.4 is 4.90 Å². The lowest BCUT2D eigenvalue weighted by atomic mass is 9.97. The zero-order chi connectivity index (χ0) is 15.7. The van der Waals surface area contributed by atoms with Crippen molar-refractivity contribution in [2.24, 2.45) is 5.92 Å². The largest absolute Gasteiger partial charge is 0.274 e. The molecule has 1 unspecified atom stereocenters. The van der Waals surface area contributed by atoms with Gasteiger partial charge in [0.25, 0.3) is 0 Å². The van der Waals surface area contributed by atoms with E-state index in [4.69, 9.17) is 11.6 Å². The second-order valence-electron chi connectivity index (χ2n) is 5.49. The Balaban J connectivity index is 1.82. The first-order chi connectivity index (χ1) is 10.5. The minimum atomic E-state index is -0.338. The maximum Gasteiger partial charge on any atom is 0.238 e. The molecule has 1 aliphatic heterocycles. The van der Waals surface area contributed by atoms with E-state index in [9.17, 15) is 9.59 Å². The van der Waals surface area contributed by atoms with Crippen molar-refractivity contribution in [2.45, 2.75) is 19.8 Å². The number of carbonyl (C=O) groups is 2. The highest BCUT2D eigenvalue weighted by Crippen LogP contribution is 2.28. The molecule has 0 saturated carbocycles. The molecule has 1 aromatic carbocycles. The molecule has 2 aromatic rings. The zero-order valence-electron chi connectivity index (χ0n) is 12.1. The molecule has 2 heterocycles. The van der Waals surface area contributed by atoms with Crippen LogP contribution in [0.4, 0.5) is 5.82 Å².